The van der Waals surface area contributed by atoms with E-state index >= 15 is 0 Å². The molecule has 1 aromatic heterocycles. The van der Waals surface area contributed by atoms with Gasteiger partial charge in [-0.25, -0.2) is 0 Å². The highest BCUT2D eigenvalue weighted by Gasteiger charge is 2.38. The zero-order chi connectivity index (χ0) is 14.9. The van der Waals surface area contributed by atoms with Crippen LogP contribution in [0.1, 0.15) is 16.2 Å². The number of nitrogens with two attached hydrogens (primary N) is 1. The second kappa shape index (κ2) is 4.83. The fourth-order valence-electron chi connectivity index (χ4n) is 1.49. The molecule has 106 valence electrons. The molecule has 0 aliphatic rings. The van der Waals surface area contributed by atoms with E-state index in [-0.39, 0.29) is 22.7 Å². The number of ether oxygens (including phenoxy) is 1. The molecule has 1 heterocycles. The first-order valence-electron chi connectivity index (χ1n) is 5.22. The summed E-state index contributed by atoms with van der Waals surface area (Å²) in [6.07, 6.45) is -4.72. The van der Waals surface area contributed by atoms with Gasteiger partial charge in [0.1, 0.15) is 5.75 Å². The first-order valence-corrected chi connectivity index (χ1v) is 5.22. The maximum absolute atomic E-state index is 12.4. The third-order valence-electron chi connectivity index (χ3n) is 2.39. The van der Waals surface area contributed by atoms with E-state index in [9.17, 15) is 18.0 Å². The molecule has 2 rings (SSSR count). The Bertz CT molecular complexity index is 652. The third kappa shape index (κ3) is 2.56. The Balaban J connectivity index is 2.43. The zero-order valence-electron chi connectivity index (χ0n) is 10.1. The normalized spacial score (nSPS) is 11.4. The molecule has 0 saturated heterocycles. The van der Waals surface area contributed by atoms with Crippen molar-refractivity contribution in [1.82, 2.24) is 10.1 Å². The average Bonchev–Trinajstić information content (AvgIpc) is 2.87. The quantitative estimate of drug-likeness (QED) is 0.930. The largest absolute Gasteiger partial charge is 0.496 e. The Morgan fingerprint density at radius 2 is 2.10 bits per heavy atom. The van der Waals surface area contributed by atoms with E-state index in [2.05, 4.69) is 14.7 Å². The molecule has 0 aliphatic carbocycles. The molecule has 0 unspecified atom stereocenters. The molecular formula is C11H8F3N3O3. The number of alkyl halides is 3. The van der Waals surface area contributed by atoms with Gasteiger partial charge in [-0.05, 0) is 18.2 Å². The number of halogens is 3. The van der Waals surface area contributed by atoms with E-state index in [0.29, 0.717) is 0 Å². The Labute approximate surface area is 110 Å². The number of primary amides is 1. The van der Waals surface area contributed by atoms with Gasteiger partial charge in [0.05, 0.1) is 12.7 Å². The van der Waals surface area contributed by atoms with Crippen LogP contribution in [0.5, 0.6) is 5.75 Å². The summed E-state index contributed by atoms with van der Waals surface area (Å²) in [6, 6.07) is 3.94. The number of carbonyl (C=O) groups is 1. The predicted octanol–water partition coefficient (Wildman–Crippen LogP) is 1.86. The van der Waals surface area contributed by atoms with Crippen molar-refractivity contribution in [1.29, 1.82) is 0 Å². The molecule has 2 N–H and O–H groups in total. The maximum Gasteiger partial charge on any atom is 0.471 e. The third-order valence-corrected chi connectivity index (χ3v) is 2.39. The van der Waals surface area contributed by atoms with Gasteiger partial charge in [-0.3, -0.25) is 4.79 Å². The standard InChI is InChI=1S/C11H8F3N3O3/c1-19-7-4-5(2-3-6(7)8(15)18)9-16-10(20-17-9)11(12,13)14/h2-4H,1H3,(H2,15,18). The minimum absolute atomic E-state index is 0.0933. The van der Waals surface area contributed by atoms with Crippen LogP contribution in [0.3, 0.4) is 0 Å². The minimum Gasteiger partial charge on any atom is -0.496 e. The van der Waals surface area contributed by atoms with Crippen molar-refractivity contribution in [3.8, 4) is 17.1 Å². The number of amides is 1. The number of hydrogen-bond acceptors (Lipinski definition) is 5. The van der Waals surface area contributed by atoms with Crippen LogP contribution in [-0.4, -0.2) is 23.2 Å². The number of hydrogen-bond donors (Lipinski definition) is 1. The molecule has 2 aromatic rings. The molecular weight excluding hydrogens is 279 g/mol. The Hall–Kier alpha value is -2.58. The number of nitrogens with zero attached hydrogens (tertiary/aromatic N) is 2. The van der Waals surface area contributed by atoms with Gasteiger partial charge in [0.15, 0.2) is 0 Å². The lowest BCUT2D eigenvalue weighted by Crippen LogP contribution is -2.12. The molecule has 0 atom stereocenters. The van der Waals surface area contributed by atoms with Gasteiger partial charge in [-0.1, -0.05) is 5.16 Å². The van der Waals surface area contributed by atoms with E-state index in [1.807, 2.05) is 0 Å². The SMILES string of the molecule is COc1cc(-c2noc(C(F)(F)F)n2)ccc1C(N)=O. The van der Waals surface area contributed by atoms with Gasteiger partial charge in [-0.15, -0.1) is 0 Å². The second-order valence-corrected chi connectivity index (χ2v) is 3.70. The summed E-state index contributed by atoms with van der Waals surface area (Å²) in [7, 11) is 1.29. The lowest BCUT2D eigenvalue weighted by atomic mass is 10.1. The van der Waals surface area contributed by atoms with Gasteiger partial charge < -0.3 is 15.0 Å². The summed E-state index contributed by atoms with van der Waals surface area (Å²) >= 11 is 0. The molecule has 0 bridgehead atoms. The number of rotatable bonds is 3. The van der Waals surface area contributed by atoms with E-state index in [0.717, 1.165) is 0 Å². The monoisotopic (exact) mass is 287 g/mol. The average molecular weight is 287 g/mol. The molecule has 0 radical (unpaired) electrons. The van der Waals surface area contributed by atoms with Crippen molar-refractivity contribution in [2.45, 2.75) is 6.18 Å². The lowest BCUT2D eigenvalue weighted by molar-refractivity contribution is -0.159. The van der Waals surface area contributed by atoms with E-state index in [1.165, 1.54) is 25.3 Å². The molecule has 6 nitrogen and oxygen atoms in total. The van der Waals surface area contributed by atoms with Crippen LogP contribution in [-0.2, 0) is 6.18 Å². The summed E-state index contributed by atoms with van der Waals surface area (Å²) in [5, 5.41) is 3.22. The maximum atomic E-state index is 12.4. The molecule has 0 saturated carbocycles. The van der Waals surface area contributed by atoms with Crippen LogP contribution >= 0.6 is 0 Å². The fourth-order valence-corrected chi connectivity index (χ4v) is 1.49. The first kappa shape index (κ1) is 13.8. The molecule has 0 fully saturated rings. The summed E-state index contributed by atoms with van der Waals surface area (Å²) in [5.74, 6) is -2.34. The van der Waals surface area contributed by atoms with Gasteiger partial charge in [0, 0.05) is 5.56 Å². The van der Waals surface area contributed by atoms with Gasteiger partial charge in [0.2, 0.25) is 5.82 Å². The molecule has 0 spiro atoms. The van der Waals surface area contributed by atoms with Crippen LogP contribution in [0.15, 0.2) is 22.7 Å². The minimum atomic E-state index is -4.72. The smallest absolute Gasteiger partial charge is 0.471 e. The molecule has 1 amide bonds. The van der Waals surface area contributed by atoms with Crippen molar-refractivity contribution in [2.75, 3.05) is 7.11 Å². The topological polar surface area (TPSA) is 91.2 Å². The first-order chi connectivity index (χ1) is 9.32. The van der Waals surface area contributed by atoms with E-state index < -0.39 is 18.0 Å². The number of aromatic nitrogens is 2. The molecule has 9 heteroatoms. The highest BCUT2D eigenvalue weighted by Crippen LogP contribution is 2.30. The van der Waals surface area contributed by atoms with Crippen molar-refractivity contribution < 1.29 is 27.2 Å². The van der Waals surface area contributed by atoms with Crippen molar-refractivity contribution in [3.63, 3.8) is 0 Å². The molecule has 1 aromatic carbocycles. The van der Waals surface area contributed by atoms with Crippen molar-refractivity contribution >= 4 is 5.91 Å². The van der Waals surface area contributed by atoms with Crippen LogP contribution in [0.2, 0.25) is 0 Å². The zero-order valence-corrected chi connectivity index (χ0v) is 10.1. The van der Waals surface area contributed by atoms with Crippen LogP contribution in [0.25, 0.3) is 11.4 Å². The number of carbonyl (C=O) groups excluding carboxylic acids is 1. The summed E-state index contributed by atoms with van der Waals surface area (Å²) in [5.41, 5.74) is 5.42. The highest BCUT2D eigenvalue weighted by molar-refractivity contribution is 5.96. The van der Waals surface area contributed by atoms with Crippen molar-refractivity contribution in [3.05, 3.63) is 29.7 Å². The summed E-state index contributed by atoms with van der Waals surface area (Å²) in [4.78, 5) is 14.3. The Morgan fingerprint density at radius 3 is 2.60 bits per heavy atom. The van der Waals surface area contributed by atoms with Gasteiger partial charge in [-0.2, -0.15) is 18.2 Å². The Kier molecular flexibility index (Phi) is 3.35. The second-order valence-electron chi connectivity index (χ2n) is 3.70. The van der Waals surface area contributed by atoms with Crippen molar-refractivity contribution in [2.24, 2.45) is 5.73 Å². The number of benzene rings is 1. The fraction of sp³-hybridized carbons (Fsp3) is 0.182. The van der Waals surface area contributed by atoms with Crippen LogP contribution in [0.4, 0.5) is 13.2 Å². The highest BCUT2D eigenvalue weighted by atomic mass is 19.4. The Morgan fingerprint density at radius 1 is 1.40 bits per heavy atom. The van der Waals surface area contributed by atoms with E-state index in [4.69, 9.17) is 10.5 Å². The van der Waals surface area contributed by atoms with Crippen LogP contribution in [0, 0.1) is 0 Å². The van der Waals surface area contributed by atoms with Crippen LogP contribution < -0.4 is 10.5 Å². The van der Waals surface area contributed by atoms with Gasteiger partial charge >= 0.3 is 12.1 Å². The van der Waals surface area contributed by atoms with Gasteiger partial charge in [0.25, 0.3) is 5.91 Å². The summed E-state index contributed by atoms with van der Waals surface area (Å²) < 4.78 is 46.1. The predicted molar refractivity (Wildman–Crippen MR) is 59.8 cm³/mol. The number of methoxy groups -OCH3 is 1. The lowest BCUT2D eigenvalue weighted by Gasteiger charge is -2.06. The molecule has 0 aliphatic heterocycles. The van der Waals surface area contributed by atoms with E-state index in [1.54, 1.807) is 0 Å². The summed E-state index contributed by atoms with van der Waals surface area (Å²) in [6.45, 7) is 0. The molecule has 20 heavy (non-hydrogen) atoms.